The normalized spacial score (nSPS) is 15.7. The Balaban J connectivity index is 1.61. The minimum absolute atomic E-state index is 0.0490. The number of hydrogen-bond donors (Lipinski definition) is 1. The van der Waals surface area contributed by atoms with Crippen molar-refractivity contribution in [2.75, 3.05) is 0 Å². The number of phenols is 1. The maximum atomic E-state index is 14.7. The van der Waals surface area contributed by atoms with Crippen molar-refractivity contribution in [3.05, 3.63) is 115 Å². The van der Waals surface area contributed by atoms with Crippen LogP contribution >= 0.6 is 7.37 Å². The summed E-state index contributed by atoms with van der Waals surface area (Å²) in [6.45, 7) is 5.25. The number of carbonyl (C=O) groups excluding carboxylic acids is 1. The molecule has 5 aromatic carbocycles. The molecule has 6 heteroatoms. The first-order chi connectivity index (χ1) is 18.4. The lowest BCUT2D eigenvalue weighted by atomic mass is 9.97. The van der Waals surface area contributed by atoms with Crippen LogP contribution in [0.25, 0.3) is 33.0 Å². The number of fused-ring (bicyclic) bond motifs is 4. The van der Waals surface area contributed by atoms with E-state index in [2.05, 4.69) is 6.58 Å². The largest absolute Gasteiger partial charge is 0.507 e. The fourth-order valence-corrected chi connectivity index (χ4v) is 7.17. The lowest BCUT2D eigenvalue weighted by Crippen LogP contribution is -2.26. The second-order valence-electron chi connectivity index (χ2n) is 9.19. The molecule has 5 nitrogen and oxygen atoms in total. The Morgan fingerprint density at radius 3 is 2.26 bits per heavy atom. The summed E-state index contributed by atoms with van der Waals surface area (Å²) in [6.07, 6.45) is 0. The molecule has 1 aliphatic rings. The minimum atomic E-state index is -3.84. The number of ether oxygens (including phenoxy) is 1. The highest BCUT2D eigenvalue weighted by Gasteiger charge is 2.40. The SMILES string of the molecule is C=C(C)C(=O)Oc1cc(P2(=O)Oc3ccccc3-c3ccccc32)c(O)cc1-c1cccc2ccccc12. The molecule has 1 unspecified atom stereocenters. The van der Waals surface area contributed by atoms with Crippen molar-refractivity contribution >= 4 is 34.7 Å². The van der Waals surface area contributed by atoms with Gasteiger partial charge in [0.2, 0.25) is 0 Å². The van der Waals surface area contributed by atoms with Crippen molar-refractivity contribution in [3.63, 3.8) is 0 Å². The van der Waals surface area contributed by atoms with Gasteiger partial charge in [-0.15, -0.1) is 0 Å². The molecule has 0 radical (unpaired) electrons. The van der Waals surface area contributed by atoms with Crippen LogP contribution in [0.2, 0.25) is 0 Å². The van der Waals surface area contributed by atoms with E-state index in [1.54, 1.807) is 31.2 Å². The fraction of sp³-hybridized carbons (Fsp3) is 0.0312. The Morgan fingerprint density at radius 1 is 0.789 bits per heavy atom. The van der Waals surface area contributed by atoms with Gasteiger partial charge in [-0.3, -0.25) is 4.57 Å². The molecule has 0 spiro atoms. The van der Waals surface area contributed by atoms with Crippen molar-refractivity contribution in [1.29, 1.82) is 0 Å². The molecule has 1 aliphatic heterocycles. The number of aromatic hydroxyl groups is 1. The van der Waals surface area contributed by atoms with Crippen LogP contribution in [0.15, 0.2) is 115 Å². The number of para-hydroxylation sites is 1. The van der Waals surface area contributed by atoms with Gasteiger partial charge >= 0.3 is 13.3 Å². The molecule has 6 rings (SSSR count). The van der Waals surface area contributed by atoms with Crippen molar-refractivity contribution in [2.24, 2.45) is 0 Å². The summed E-state index contributed by atoms with van der Waals surface area (Å²) in [7, 11) is -3.84. The van der Waals surface area contributed by atoms with E-state index >= 15 is 0 Å². The Labute approximate surface area is 220 Å². The van der Waals surface area contributed by atoms with E-state index in [1.165, 1.54) is 12.1 Å². The van der Waals surface area contributed by atoms with Gasteiger partial charge in [0, 0.05) is 16.7 Å². The van der Waals surface area contributed by atoms with E-state index in [4.69, 9.17) is 9.26 Å². The van der Waals surface area contributed by atoms with Gasteiger partial charge in [-0.1, -0.05) is 85.4 Å². The standard InChI is InChI=1S/C32H23O5P/c1-20(2)32(34)36-29-19-31(27(33)18-26(29)23-15-9-11-21-10-3-4-12-22(21)23)38(35)30-17-8-6-14-25(30)24-13-5-7-16-28(24)37-38/h3-19,33H,1H2,2H3. The van der Waals surface area contributed by atoms with Crippen LogP contribution in [0.1, 0.15) is 6.92 Å². The van der Waals surface area contributed by atoms with Gasteiger partial charge < -0.3 is 14.4 Å². The smallest absolute Gasteiger partial charge is 0.338 e. The van der Waals surface area contributed by atoms with Crippen LogP contribution in [0.3, 0.4) is 0 Å². The minimum Gasteiger partial charge on any atom is -0.507 e. The molecule has 0 fully saturated rings. The Hall–Kier alpha value is -4.60. The molecule has 5 aromatic rings. The Kier molecular flexibility index (Phi) is 5.67. The molecule has 186 valence electrons. The van der Waals surface area contributed by atoms with Crippen molar-refractivity contribution in [1.82, 2.24) is 0 Å². The zero-order chi connectivity index (χ0) is 26.4. The molecule has 0 amide bonds. The first kappa shape index (κ1) is 23.8. The lowest BCUT2D eigenvalue weighted by Gasteiger charge is -2.29. The summed E-state index contributed by atoms with van der Waals surface area (Å²) >= 11 is 0. The van der Waals surface area contributed by atoms with Gasteiger partial charge in [-0.25, -0.2) is 4.79 Å². The first-order valence-electron chi connectivity index (χ1n) is 12.1. The molecule has 0 aromatic heterocycles. The highest BCUT2D eigenvalue weighted by atomic mass is 31.2. The molecule has 0 bridgehead atoms. The fourth-order valence-electron chi connectivity index (χ4n) is 4.83. The Bertz CT molecular complexity index is 1820. The van der Waals surface area contributed by atoms with Gasteiger partial charge in [0.25, 0.3) is 0 Å². The Morgan fingerprint density at radius 2 is 1.45 bits per heavy atom. The van der Waals surface area contributed by atoms with E-state index in [-0.39, 0.29) is 22.4 Å². The summed E-state index contributed by atoms with van der Waals surface area (Å²) in [6, 6.07) is 31.1. The molecular weight excluding hydrogens is 495 g/mol. The molecule has 1 atom stereocenters. The van der Waals surface area contributed by atoms with Gasteiger partial charge in [0.1, 0.15) is 17.2 Å². The van der Waals surface area contributed by atoms with E-state index in [0.717, 1.165) is 27.5 Å². The predicted molar refractivity (Wildman–Crippen MR) is 151 cm³/mol. The van der Waals surface area contributed by atoms with Gasteiger partial charge in [0.05, 0.1) is 10.6 Å². The highest BCUT2D eigenvalue weighted by molar-refractivity contribution is 7.75. The summed E-state index contributed by atoms with van der Waals surface area (Å²) in [5.41, 5.74) is 3.02. The molecule has 1 heterocycles. The highest BCUT2D eigenvalue weighted by Crippen LogP contribution is 2.56. The van der Waals surface area contributed by atoms with Crippen LogP contribution in [-0.2, 0) is 9.36 Å². The summed E-state index contributed by atoms with van der Waals surface area (Å²) < 4.78 is 26.7. The van der Waals surface area contributed by atoms with E-state index in [1.807, 2.05) is 66.7 Å². The maximum absolute atomic E-state index is 14.7. The molecule has 0 saturated carbocycles. The lowest BCUT2D eigenvalue weighted by molar-refractivity contribution is -0.130. The quantitative estimate of drug-likeness (QED) is 0.120. The number of hydrogen-bond acceptors (Lipinski definition) is 5. The topological polar surface area (TPSA) is 72.8 Å². The molecule has 0 saturated heterocycles. The summed E-state index contributed by atoms with van der Waals surface area (Å²) in [5, 5.41) is 13.8. The van der Waals surface area contributed by atoms with Gasteiger partial charge in [-0.2, -0.15) is 0 Å². The van der Waals surface area contributed by atoms with Gasteiger partial charge in [-0.05, 0) is 53.1 Å². The van der Waals surface area contributed by atoms with Gasteiger partial charge in [0.15, 0.2) is 0 Å². The number of benzene rings is 5. The average molecular weight is 519 g/mol. The predicted octanol–water partition coefficient (Wildman–Crippen LogP) is 6.98. The second kappa shape index (κ2) is 9.05. The van der Waals surface area contributed by atoms with Crippen molar-refractivity contribution < 1.29 is 23.7 Å². The van der Waals surface area contributed by atoms with Crippen LogP contribution in [0, 0.1) is 0 Å². The van der Waals surface area contributed by atoms with Crippen molar-refractivity contribution in [3.8, 4) is 39.5 Å². The van der Waals surface area contributed by atoms with Crippen LogP contribution < -0.4 is 19.9 Å². The third-order valence-electron chi connectivity index (χ3n) is 6.65. The summed E-state index contributed by atoms with van der Waals surface area (Å²) in [5.74, 6) is -0.248. The van der Waals surface area contributed by atoms with Crippen molar-refractivity contribution in [2.45, 2.75) is 6.92 Å². The number of rotatable bonds is 4. The van der Waals surface area contributed by atoms with E-state index in [0.29, 0.717) is 16.6 Å². The molecule has 1 N–H and O–H groups in total. The zero-order valence-corrected chi connectivity index (χ0v) is 21.4. The number of esters is 1. The number of phenolic OH excluding ortho intramolecular Hbond substituents is 1. The van der Waals surface area contributed by atoms with Crippen LogP contribution in [-0.4, -0.2) is 11.1 Å². The summed E-state index contributed by atoms with van der Waals surface area (Å²) in [4.78, 5) is 12.7. The third kappa shape index (κ3) is 3.80. The monoisotopic (exact) mass is 518 g/mol. The molecule has 0 aliphatic carbocycles. The van der Waals surface area contributed by atoms with E-state index in [9.17, 15) is 14.5 Å². The molecular formula is C32H23O5P. The number of carbonyl (C=O) groups is 1. The zero-order valence-electron chi connectivity index (χ0n) is 20.5. The van der Waals surface area contributed by atoms with Crippen LogP contribution in [0.4, 0.5) is 0 Å². The average Bonchev–Trinajstić information content (AvgIpc) is 2.93. The first-order valence-corrected chi connectivity index (χ1v) is 13.7. The van der Waals surface area contributed by atoms with E-state index < -0.39 is 13.3 Å². The second-order valence-corrected chi connectivity index (χ2v) is 11.4. The van der Waals surface area contributed by atoms with Crippen LogP contribution in [0.5, 0.6) is 17.2 Å². The maximum Gasteiger partial charge on any atom is 0.338 e. The molecule has 38 heavy (non-hydrogen) atoms. The third-order valence-corrected chi connectivity index (χ3v) is 9.12.